The average molecular weight is 346 g/mol. The van der Waals surface area contributed by atoms with Gasteiger partial charge in [0.15, 0.2) is 6.10 Å². The number of ether oxygens (including phenoxy) is 1. The highest BCUT2D eigenvalue weighted by atomic mass is 79.9. The molecule has 0 spiro atoms. The Balaban J connectivity index is 1.96. The van der Waals surface area contributed by atoms with Gasteiger partial charge in [-0.3, -0.25) is 4.79 Å². The lowest BCUT2D eigenvalue weighted by atomic mass is 10.2. The van der Waals surface area contributed by atoms with Crippen molar-refractivity contribution in [3.05, 3.63) is 26.9 Å². The molecule has 0 saturated carbocycles. The molecule has 1 fully saturated rings. The number of thiophene rings is 1. The smallest absolute Gasteiger partial charge is 0.334 e. The van der Waals surface area contributed by atoms with Crippen LogP contribution < -0.4 is 0 Å². The lowest BCUT2D eigenvalue weighted by Crippen LogP contribution is -2.48. The van der Waals surface area contributed by atoms with Crippen molar-refractivity contribution in [1.29, 1.82) is 0 Å². The third-order valence-electron chi connectivity index (χ3n) is 2.64. The van der Waals surface area contributed by atoms with Gasteiger partial charge in [-0.05, 0) is 34.1 Å². The van der Waals surface area contributed by atoms with Crippen molar-refractivity contribution in [2.45, 2.75) is 6.10 Å². The van der Waals surface area contributed by atoms with Crippen LogP contribution in [0.1, 0.15) is 4.88 Å². The van der Waals surface area contributed by atoms with Crippen LogP contribution in [0.5, 0.6) is 0 Å². The molecule has 5 nitrogen and oxygen atoms in total. The Morgan fingerprint density at radius 2 is 2.32 bits per heavy atom. The molecule has 1 atom stereocenters. The van der Waals surface area contributed by atoms with Gasteiger partial charge in [-0.2, -0.15) is 0 Å². The summed E-state index contributed by atoms with van der Waals surface area (Å²) in [6.07, 6.45) is 2.26. The van der Waals surface area contributed by atoms with E-state index in [0.29, 0.717) is 6.54 Å². The van der Waals surface area contributed by atoms with Gasteiger partial charge in [-0.1, -0.05) is 0 Å². The van der Waals surface area contributed by atoms with Crippen LogP contribution in [0.2, 0.25) is 0 Å². The van der Waals surface area contributed by atoms with Crippen LogP contribution in [0.4, 0.5) is 0 Å². The maximum Gasteiger partial charge on any atom is 0.334 e. The van der Waals surface area contributed by atoms with Crippen molar-refractivity contribution in [2.24, 2.45) is 0 Å². The molecule has 1 aliphatic rings. The van der Waals surface area contributed by atoms with Gasteiger partial charge in [0.25, 0.3) is 0 Å². The van der Waals surface area contributed by atoms with Crippen LogP contribution in [0.3, 0.4) is 0 Å². The van der Waals surface area contributed by atoms with Gasteiger partial charge < -0.3 is 14.7 Å². The predicted molar refractivity (Wildman–Crippen MR) is 75.0 cm³/mol. The highest BCUT2D eigenvalue weighted by molar-refractivity contribution is 9.11. The molecule has 1 amide bonds. The van der Waals surface area contributed by atoms with Crippen LogP contribution in [0.25, 0.3) is 6.08 Å². The van der Waals surface area contributed by atoms with Gasteiger partial charge in [-0.15, -0.1) is 11.3 Å². The lowest BCUT2D eigenvalue weighted by Gasteiger charge is -2.30. The molecule has 0 radical (unpaired) electrons. The van der Waals surface area contributed by atoms with Crippen molar-refractivity contribution in [2.75, 3.05) is 19.7 Å². The SMILES string of the molecule is O=C(O)[C@H]1CN(C(=O)/C=C\c2ccc(Br)s2)CCO1. The van der Waals surface area contributed by atoms with Crippen LogP contribution in [-0.2, 0) is 14.3 Å². The number of carboxylic acid groups (broad SMARTS) is 1. The molecule has 0 bridgehead atoms. The Hall–Kier alpha value is -1.18. The number of carbonyl (C=O) groups is 2. The van der Waals surface area contributed by atoms with E-state index in [1.165, 1.54) is 22.3 Å². The molecule has 2 rings (SSSR count). The number of halogens is 1. The predicted octanol–water partition coefficient (Wildman–Crippen LogP) is 1.84. The van der Waals surface area contributed by atoms with Crippen LogP contribution in [0, 0.1) is 0 Å². The molecule has 1 aromatic rings. The van der Waals surface area contributed by atoms with E-state index in [4.69, 9.17) is 9.84 Å². The van der Waals surface area contributed by atoms with E-state index in [1.54, 1.807) is 6.08 Å². The molecule has 2 heterocycles. The minimum Gasteiger partial charge on any atom is -0.479 e. The van der Waals surface area contributed by atoms with E-state index in [9.17, 15) is 9.59 Å². The second-order valence-electron chi connectivity index (χ2n) is 3.96. The van der Waals surface area contributed by atoms with Crippen LogP contribution in [-0.4, -0.2) is 47.7 Å². The summed E-state index contributed by atoms with van der Waals surface area (Å²) in [5, 5.41) is 8.86. The summed E-state index contributed by atoms with van der Waals surface area (Å²) in [7, 11) is 0. The zero-order valence-corrected chi connectivity index (χ0v) is 12.3. The zero-order valence-electron chi connectivity index (χ0n) is 9.91. The van der Waals surface area contributed by atoms with Crippen molar-refractivity contribution < 1.29 is 19.4 Å². The fourth-order valence-electron chi connectivity index (χ4n) is 1.68. The number of amides is 1. The molecule has 1 N–H and O–H groups in total. The van der Waals surface area contributed by atoms with Gasteiger partial charge in [-0.25, -0.2) is 4.79 Å². The number of nitrogens with zero attached hydrogens (tertiary/aromatic N) is 1. The van der Waals surface area contributed by atoms with Gasteiger partial charge >= 0.3 is 5.97 Å². The molecule has 7 heteroatoms. The Morgan fingerprint density at radius 3 is 2.95 bits per heavy atom. The minimum atomic E-state index is -1.04. The van der Waals surface area contributed by atoms with Gasteiger partial charge in [0.1, 0.15) is 0 Å². The molecular formula is C12H12BrNO4S. The Morgan fingerprint density at radius 1 is 1.53 bits per heavy atom. The van der Waals surface area contributed by atoms with E-state index in [-0.39, 0.29) is 19.1 Å². The van der Waals surface area contributed by atoms with Crippen molar-refractivity contribution in [3.8, 4) is 0 Å². The van der Waals surface area contributed by atoms with Crippen molar-refractivity contribution in [1.82, 2.24) is 4.90 Å². The van der Waals surface area contributed by atoms with Gasteiger partial charge in [0, 0.05) is 17.5 Å². The monoisotopic (exact) mass is 345 g/mol. The van der Waals surface area contributed by atoms with E-state index in [0.717, 1.165) is 8.66 Å². The maximum atomic E-state index is 11.9. The number of carboxylic acids is 1. The number of carbonyl (C=O) groups excluding carboxylic acids is 1. The molecule has 0 aliphatic carbocycles. The number of morpholine rings is 1. The largest absolute Gasteiger partial charge is 0.479 e. The maximum absolute atomic E-state index is 11.9. The second kappa shape index (κ2) is 6.31. The minimum absolute atomic E-state index is 0.0899. The third kappa shape index (κ3) is 3.89. The first-order valence-corrected chi connectivity index (χ1v) is 7.24. The van der Waals surface area contributed by atoms with Crippen LogP contribution >= 0.6 is 27.3 Å². The summed E-state index contributed by atoms with van der Waals surface area (Å²) in [4.78, 5) is 25.2. The number of aliphatic carboxylic acids is 1. The Labute approximate surface area is 122 Å². The lowest BCUT2D eigenvalue weighted by molar-refractivity contribution is -0.158. The summed E-state index contributed by atoms with van der Waals surface area (Å²) in [6.45, 7) is 0.759. The molecule has 0 aromatic carbocycles. The van der Waals surface area contributed by atoms with Gasteiger partial charge in [0.2, 0.25) is 5.91 Å². The molecule has 19 heavy (non-hydrogen) atoms. The fraction of sp³-hybridized carbons (Fsp3) is 0.333. The van der Waals surface area contributed by atoms with E-state index in [1.807, 2.05) is 12.1 Å². The topological polar surface area (TPSA) is 66.8 Å². The standard InChI is InChI=1S/C12H12BrNO4S/c13-10-3-1-8(19-10)2-4-11(15)14-5-6-18-9(7-14)12(16)17/h1-4,9H,5-7H2,(H,16,17)/b4-2-/t9-/m1/s1. The Bertz CT molecular complexity index is 514. The zero-order chi connectivity index (χ0) is 13.8. The van der Waals surface area contributed by atoms with E-state index >= 15 is 0 Å². The molecule has 0 unspecified atom stereocenters. The first kappa shape index (κ1) is 14.2. The number of hydrogen-bond acceptors (Lipinski definition) is 4. The van der Waals surface area contributed by atoms with E-state index < -0.39 is 12.1 Å². The highest BCUT2D eigenvalue weighted by Crippen LogP contribution is 2.23. The quantitative estimate of drug-likeness (QED) is 0.848. The van der Waals surface area contributed by atoms with Crippen molar-refractivity contribution >= 4 is 45.2 Å². The first-order valence-electron chi connectivity index (χ1n) is 5.63. The number of rotatable bonds is 3. The highest BCUT2D eigenvalue weighted by Gasteiger charge is 2.27. The van der Waals surface area contributed by atoms with Crippen molar-refractivity contribution in [3.63, 3.8) is 0 Å². The second-order valence-corrected chi connectivity index (χ2v) is 6.45. The van der Waals surface area contributed by atoms with E-state index in [2.05, 4.69) is 15.9 Å². The normalized spacial score (nSPS) is 19.8. The molecular weight excluding hydrogens is 334 g/mol. The molecule has 1 aliphatic heterocycles. The van der Waals surface area contributed by atoms with Gasteiger partial charge in [0.05, 0.1) is 16.9 Å². The number of hydrogen-bond donors (Lipinski definition) is 1. The summed E-state index contributed by atoms with van der Waals surface area (Å²) in [5.41, 5.74) is 0. The average Bonchev–Trinajstić information content (AvgIpc) is 2.82. The summed E-state index contributed by atoms with van der Waals surface area (Å²) in [5.74, 6) is -1.23. The summed E-state index contributed by atoms with van der Waals surface area (Å²) in [6, 6.07) is 3.81. The third-order valence-corrected chi connectivity index (χ3v) is 4.23. The first-order chi connectivity index (χ1) is 9.06. The molecule has 1 aromatic heterocycles. The molecule has 102 valence electrons. The summed E-state index contributed by atoms with van der Waals surface area (Å²) >= 11 is 4.87. The fourth-order valence-corrected chi connectivity index (χ4v) is 3.00. The summed E-state index contributed by atoms with van der Waals surface area (Å²) < 4.78 is 6.06. The molecule has 1 saturated heterocycles. The van der Waals surface area contributed by atoms with Crippen LogP contribution in [0.15, 0.2) is 22.0 Å². The Kier molecular flexibility index (Phi) is 4.73.